The number of halogens is 3. The van der Waals surface area contributed by atoms with Gasteiger partial charge in [-0.25, -0.2) is 13.2 Å². The Bertz CT molecular complexity index is 744. The van der Waals surface area contributed by atoms with Crippen LogP contribution in [0.4, 0.5) is 24.5 Å². The second-order valence-corrected chi connectivity index (χ2v) is 5.83. The number of anilines is 2. The maximum absolute atomic E-state index is 13.1. The van der Waals surface area contributed by atoms with E-state index in [2.05, 4.69) is 10.2 Å². The van der Waals surface area contributed by atoms with Crippen LogP contribution in [-0.2, 0) is 4.79 Å². The van der Waals surface area contributed by atoms with E-state index in [-0.39, 0.29) is 18.3 Å². The molecule has 1 amide bonds. The van der Waals surface area contributed by atoms with E-state index in [4.69, 9.17) is 0 Å². The third-order valence-corrected chi connectivity index (χ3v) is 4.19. The lowest BCUT2D eigenvalue weighted by Crippen LogP contribution is -2.50. The molecule has 1 heterocycles. The highest BCUT2D eigenvalue weighted by atomic mass is 19.2. The van der Waals surface area contributed by atoms with Crippen molar-refractivity contribution in [2.75, 3.05) is 42.9 Å². The van der Waals surface area contributed by atoms with E-state index < -0.39 is 11.6 Å². The Morgan fingerprint density at radius 2 is 1.60 bits per heavy atom. The third-order valence-electron chi connectivity index (χ3n) is 4.19. The lowest BCUT2D eigenvalue weighted by Gasteiger charge is -2.36. The van der Waals surface area contributed by atoms with Crippen molar-refractivity contribution in [1.82, 2.24) is 4.90 Å². The van der Waals surface area contributed by atoms with Crippen LogP contribution in [0.5, 0.6) is 0 Å². The van der Waals surface area contributed by atoms with Gasteiger partial charge < -0.3 is 15.1 Å². The summed E-state index contributed by atoms with van der Waals surface area (Å²) in [5.41, 5.74) is 1.28. The van der Waals surface area contributed by atoms with Crippen molar-refractivity contribution in [3.63, 3.8) is 0 Å². The molecule has 7 heteroatoms. The van der Waals surface area contributed by atoms with Crippen LogP contribution in [0.3, 0.4) is 0 Å². The van der Waals surface area contributed by atoms with Gasteiger partial charge >= 0.3 is 0 Å². The SMILES string of the molecule is O=C(CNc1ccc(F)c(F)c1)N1CCN(c2ccc(F)cc2)CC1. The van der Waals surface area contributed by atoms with E-state index >= 15 is 0 Å². The van der Waals surface area contributed by atoms with Crippen LogP contribution in [0.15, 0.2) is 42.5 Å². The Hall–Kier alpha value is -2.70. The van der Waals surface area contributed by atoms with Gasteiger partial charge in [0.25, 0.3) is 0 Å². The number of carbonyl (C=O) groups is 1. The topological polar surface area (TPSA) is 35.6 Å². The molecule has 2 aromatic rings. The maximum atomic E-state index is 13.1. The molecule has 0 aliphatic carbocycles. The second kappa shape index (κ2) is 7.46. The van der Waals surface area contributed by atoms with E-state index in [1.165, 1.54) is 18.2 Å². The predicted molar refractivity (Wildman–Crippen MR) is 90.0 cm³/mol. The molecule has 1 N–H and O–H groups in total. The quantitative estimate of drug-likeness (QED) is 0.922. The molecule has 0 unspecified atom stereocenters. The van der Waals surface area contributed by atoms with Crippen LogP contribution < -0.4 is 10.2 Å². The minimum atomic E-state index is -0.953. The minimum Gasteiger partial charge on any atom is -0.376 e. The van der Waals surface area contributed by atoms with E-state index in [0.717, 1.165) is 17.8 Å². The molecule has 0 radical (unpaired) electrons. The van der Waals surface area contributed by atoms with Crippen molar-refractivity contribution in [2.45, 2.75) is 0 Å². The Morgan fingerprint density at radius 3 is 2.24 bits per heavy atom. The fraction of sp³-hybridized carbons (Fsp3) is 0.278. The first-order valence-electron chi connectivity index (χ1n) is 8.00. The fourth-order valence-corrected chi connectivity index (χ4v) is 2.76. The second-order valence-electron chi connectivity index (χ2n) is 5.83. The summed E-state index contributed by atoms with van der Waals surface area (Å²) in [6.45, 7) is 2.43. The first kappa shape index (κ1) is 17.1. The van der Waals surface area contributed by atoms with E-state index in [0.29, 0.717) is 31.9 Å². The van der Waals surface area contributed by atoms with Crippen molar-refractivity contribution in [2.24, 2.45) is 0 Å². The number of rotatable bonds is 4. The van der Waals surface area contributed by atoms with Crippen LogP contribution in [0.25, 0.3) is 0 Å². The number of carbonyl (C=O) groups excluding carboxylic acids is 1. The average molecular weight is 349 g/mol. The molecular weight excluding hydrogens is 331 g/mol. The molecule has 2 aromatic carbocycles. The summed E-state index contributed by atoms with van der Waals surface area (Å²) < 4.78 is 39.0. The Labute approximate surface area is 143 Å². The molecule has 25 heavy (non-hydrogen) atoms. The molecule has 0 aromatic heterocycles. The lowest BCUT2D eigenvalue weighted by atomic mass is 10.2. The van der Waals surface area contributed by atoms with Crippen LogP contribution >= 0.6 is 0 Å². The molecule has 1 fully saturated rings. The van der Waals surface area contributed by atoms with E-state index in [1.807, 2.05) is 0 Å². The largest absolute Gasteiger partial charge is 0.376 e. The van der Waals surface area contributed by atoms with Crippen molar-refractivity contribution >= 4 is 17.3 Å². The first-order chi connectivity index (χ1) is 12.0. The molecule has 0 saturated carbocycles. The molecule has 0 bridgehead atoms. The van der Waals surface area contributed by atoms with Crippen LogP contribution in [0.2, 0.25) is 0 Å². The zero-order valence-electron chi connectivity index (χ0n) is 13.5. The van der Waals surface area contributed by atoms with Crippen LogP contribution in [0, 0.1) is 17.5 Å². The van der Waals surface area contributed by atoms with Gasteiger partial charge in [-0.2, -0.15) is 0 Å². The van der Waals surface area contributed by atoms with Crippen LogP contribution in [-0.4, -0.2) is 43.5 Å². The van der Waals surface area contributed by atoms with Crippen molar-refractivity contribution < 1.29 is 18.0 Å². The molecule has 132 valence electrons. The number of amides is 1. The van der Waals surface area contributed by atoms with Crippen molar-refractivity contribution in [3.05, 3.63) is 59.9 Å². The first-order valence-corrected chi connectivity index (χ1v) is 8.00. The Morgan fingerprint density at radius 1 is 0.920 bits per heavy atom. The molecular formula is C18H18F3N3O. The lowest BCUT2D eigenvalue weighted by molar-refractivity contribution is -0.129. The number of nitrogens with zero attached hydrogens (tertiary/aromatic N) is 2. The van der Waals surface area contributed by atoms with Crippen molar-refractivity contribution in [1.29, 1.82) is 0 Å². The standard InChI is InChI=1S/C18H18F3N3O/c19-13-1-4-15(5-2-13)23-7-9-24(10-8-23)18(25)12-22-14-3-6-16(20)17(21)11-14/h1-6,11,22H,7-10,12H2. The zero-order chi connectivity index (χ0) is 17.8. The monoisotopic (exact) mass is 349 g/mol. The summed E-state index contributed by atoms with van der Waals surface area (Å²) >= 11 is 0. The number of hydrogen-bond acceptors (Lipinski definition) is 3. The highest BCUT2D eigenvalue weighted by Crippen LogP contribution is 2.17. The molecule has 1 saturated heterocycles. The van der Waals surface area contributed by atoms with Gasteiger partial charge in [0.05, 0.1) is 6.54 Å². The van der Waals surface area contributed by atoms with Crippen LogP contribution in [0.1, 0.15) is 0 Å². The zero-order valence-corrected chi connectivity index (χ0v) is 13.5. The van der Waals surface area contributed by atoms with Gasteiger partial charge in [-0.1, -0.05) is 0 Å². The summed E-state index contributed by atoms with van der Waals surface area (Å²) in [6.07, 6.45) is 0. The van der Waals surface area contributed by atoms with Gasteiger partial charge in [0.2, 0.25) is 5.91 Å². The summed E-state index contributed by atoms with van der Waals surface area (Å²) in [6, 6.07) is 9.70. The van der Waals surface area contributed by atoms with Gasteiger partial charge in [-0.15, -0.1) is 0 Å². The van der Waals surface area contributed by atoms with E-state index in [9.17, 15) is 18.0 Å². The van der Waals surface area contributed by atoms with Crippen molar-refractivity contribution in [3.8, 4) is 0 Å². The summed E-state index contributed by atoms with van der Waals surface area (Å²) in [4.78, 5) is 16.0. The Balaban J connectivity index is 1.49. The maximum Gasteiger partial charge on any atom is 0.241 e. The Kier molecular flexibility index (Phi) is 5.11. The average Bonchev–Trinajstić information content (AvgIpc) is 2.63. The number of piperazine rings is 1. The normalized spacial score (nSPS) is 14.5. The van der Waals surface area contributed by atoms with E-state index in [1.54, 1.807) is 17.0 Å². The minimum absolute atomic E-state index is 0.0155. The molecule has 1 aliphatic heterocycles. The summed E-state index contributed by atoms with van der Waals surface area (Å²) in [7, 11) is 0. The number of nitrogens with one attached hydrogen (secondary N) is 1. The van der Waals surface area contributed by atoms with Gasteiger partial charge in [0, 0.05) is 43.6 Å². The molecule has 3 rings (SSSR count). The molecule has 0 spiro atoms. The summed E-state index contributed by atoms with van der Waals surface area (Å²) in [5, 5.41) is 2.81. The molecule has 0 atom stereocenters. The van der Waals surface area contributed by atoms with Gasteiger partial charge in [-0.3, -0.25) is 4.79 Å². The number of benzene rings is 2. The number of hydrogen-bond donors (Lipinski definition) is 1. The third kappa shape index (κ3) is 4.23. The fourth-order valence-electron chi connectivity index (χ4n) is 2.76. The highest BCUT2D eigenvalue weighted by molar-refractivity contribution is 5.81. The predicted octanol–water partition coefficient (Wildman–Crippen LogP) is 2.86. The molecule has 4 nitrogen and oxygen atoms in total. The summed E-state index contributed by atoms with van der Waals surface area (Å²) in [5.74, 6) is -2.26. The smallest absolute Gasteiger partial charge is 0.241 e. The van der Waals surface area contributed by atoms with Gasteiger partial charge in [0.1, 0.15) is 5.82 Å². The molecule has 1 aliphatic rings. The highest BCUT2D eigenvalue weighted by Gasteiger charge is 2.21. The van der Waals surface area contributed by atoms with Gasteiger partial charge in [-0.05, 0) is 36.4 Å². The van der Waals surface area contributed by atoms with Gasteiger partial charge in [0.15, 0.2) is 11.6 Å².